The van der Waals surface area contributed by atoms with Gasteiger partial charge in [-0.05, 0) is 49.2 Å². The van der Waals surface area contributed by atoms with Gasteiger partial charge in [0.2, 0.25) is 11.8 Å². The summed E-state index contributed by atoms with van der Waals surface area (Å²) in [6, 6.07) is 15.9. The molecule has 1 saturated carbocycles. The van der Waals surface area contributed by atoms with Crippen molar-refractivity contribution in [2.75, 3.05) is 11.4 Å². The molecule has 1 aliphatic carbocycles. The molecule has 7 heteroatoms. The molecule has 164 valence electrons. The first-order chi connectivity index (χ1) is 15.6. The minimum Gasteiger partial charge on any atom is -0.339 e. The van der Waals surface area contributed by atoms with Crippen LogP contribution in [0.4, 0.5) is 15.2 Å². The number of hydrogen-bond acceptors (Lipinski definition) is 4. The Labute approximate surface area is 190 Å². The molecule has 0 radical (unpaired) electrons. The van der Waals surface area contributed by atoms with Crippen molar-refractivity contribution < 1.29 is 14.0 Å². The highest BCUT2D eigenvalue weighted by atomic mass is 32.1. The van der Waals surface area contributed by atoms with Crippen LogP contribution in [0.5, 0.6) is 0 Å². The first kappa shape index (κ1) is 20.8. The highest BCUT2D eigenvalue weighted by Crippen LogP contribution is 2.36. The van der Waals surface area contributed by atoms with E-state index in [9.17, 15) is 14.0 Å². The summed E-state index contributed by atoms with van der Waals surface area (Å²) in [5, 5.41) is 2.42. The van der Waals surface area contributed by atoms with Crippen molar-refractivity contribution in [1.82, 2.24) is 9.88 Å². The first-order valence-corrected chi connectivity index (χ1v) is 11.9. The van der Waals surface area contributed by atoms with Gasteiger partial charge in [-0.1, -0.05) is 31.0 Å². The largest absolute Gasteiger partial charge is 0.339 e. The van der Waals surface area contributed by atoms with E-state index in [0.29, 0.717) is 17.4 Å². The van der Waals surface area contributed by atoms with E-state index < -0.39 is 0 Å². The van der Waals surface area contributed by atoms with E-state index in [4.69, 9.17) is 4.98 Å². The number of aromatic nitrogens is 1. The van der Waals surface area contributed by atoms with Crippen LogP contribution in [0.15, 0.2) is 60.0 Å². The van der Waals surface area contributed by atoms with Crippen molar-refractivity contribution in [2.24, 2.45) is 5.92 Å². The van der Waals surface area contributed by atoms with E-state index in [1.165, 1.54) is 23.5 Å². The zero-order valence-electron chi connectivity index (χ0n) is 17.6. The molecular weight excluding hydrogens is 425 g/mol. The molecule has 5 rings (SSSR count). The van der Waals surface area contributed by atoms with Gasteiger partial charge in [-0.2, -0.15) is 0 Å². The summed E-state index contributed by atoms with van der Waals surface area (Å²) in [6.07, 6.45) is 4.60. The molecule has 3 aromatic rings. The van der Waals surface area contributed by atoms with Gasteiger partial charge in [0, 0.05) is 30.0 Å². The van der Waals surface area contributed by atoms with E-state index in [1.807, 2.05) is 40.6 Å². The fraction of sp³-hybridized carbons (Fsp3) is 0.320. The quantitative estimate of drug-likeness (QED) is 0.524. The number of anilines is 2. The number of carbonyl (C=O) groups is 2. The van der Waals surface area contributed by atoms with Gasteiger partial charge >= 0.3 is 0 Å². The van der Waals surface area contributed by atoms with Crippen molar-refractivity contribution in [3.05, 3.63) is 65.8 Å². The van der Waals surface area contributed by atoms with Gasteiger partial charge in [-0.25, -0.2) is 9.37 Å². The number of nitrogens with zero attached hydrogens (tertiary/aromatic N) is 3. The van der Waals surface area contributed by atoms with Crippen LogP contribution in [0.2, 0.25) is 0 Å². The zero-order valence-corrected chi connectivity index (χ0v) is 18.4. The summed E-state index contributed by atoms with van der Waals surface area (Å²) in [6.45, 7) is 0.474. The summed E-state index contributed by atoms with van der Waals surface area (Å²) in [5.74, 6) is -0.719. The summed E-state index contributed by atoms with van der Waals surface area (Å²) in [4.78, 5) is 34.7. The molecule has 1 aromatic heterocycles. The number of halogens is 1. The highest BCUT2D eigenvalue weighted by molar-refractivity contribution is 7.14. The number of thiazole rings is 1. The van der Waals surface area contributed by atoms with Crippen LogP contribution in [0.3, 0.4) is 0 Å². The van der Waals surface area contributed by atoms with Crippen LogP contribution in [0.1, 0.15) is 32.1 Å². The molecule has 1 aliphatic heterocycles. The fourth-order valence-corrected chi connectivity index (χ4v) is 5.54. The smallest absolute Gasteiger partial charge is 0.238 e. The molecule has 1 atom stereocenters. The maximum absolute atomic E-state index is 13.7. The average molecular weight is 450 g/mol. The van der Waals surface area contributed by atoms with Crippen LogP contribution >= 0.6 is 11.3 Å². The summed E-state index contributed by atoms with van der Waals surface area (Å²) in [5.41, 5.74) is 2.20. The van der Waals surface area contributed by atoms with Crippen LogP contribution in [-0.2, 0) is 9.59 Å². The normalized spacial score (nSPS) is 19.0. The summed E-state index contributed by atoms with van der Waals surface area (Å²) in [7, 11) is 0. The standard InChI is InChI=1S/C25H24FN3O2S/c26-19-12-10-17(11-13-19)22-16-32-25(27-22)29(21-8-2-1-3-9-21)24(31)18-14-23(30)28(15-18)20-6-4-5-7-20/h1-3,8-13,16,18,20H,4-7,14-15H2/t18-/m1/s1. The average Bonchev–Trinajstić information content (AvgIpc) is 3.56. The van der Waals surface area contributed by atoms with E-state index in [0.717, 1.165) is 36.9 Å². The van der Waals surface area contributed by atoms with Crippen LogP contribution in [-0.4, -0.2) is 34.3 Å². The molecule has 0 N–H and O–H groups in total. The topological polar surface area (TPSA) is 53.5 Å². The molecule has 32 heavy (non-hydrogen) atoms. The summed E-state index contributed by atoms with van der Waals surface area (Å²) < 4.78 is 13.3. The van der Waals surface area contributed by atoms with E-state index in [2.05, 4.69) is 0 Å². The van der Waals surface area contributed by atoms with E-state index >= 15 is 0 Å². The predicted molar refractivity (Wildman–Crippen MR) is 123 cm³/mol. The van der Waals surface area contributed by atoms with Gasteiger partial charge in [0.1, 0.15) is 5.82 Å². The molecule has 2 fully saturated rings. The minimum absolute atomic E-state index is 0.0781. The molecule has 2 heterocycles. The number of carbonyl (C=O) groups excluding carboxylic acids is 2. The van der Waals surface area contributed by atoms with Crippen molar-refractivity contribution in [3.8, 4) is 11.3 Å². The third kappa shape index (κ3) is 4.05. The van der Waals surface area contributed by atoms with Gasteiger partial charge in [0.15, 0.2) is 5.13 Å². The number of benzene rings is 2. The molecular formula is C25H24FN3O2S. The first-order valence-electron chi connectivity index (χ1n) is 11.0. The Morgan fingerprint density at radius 3 is 2.50 bits per heavy atom. The fourth-order valence-electron chi connectivity index (χ4n) is 4.68. The van der Waals surface area contributed by atoms with Gasteiger partial charge in [-0.3, -0.25) is 14.5 Å². The Morgan fingerprint density at radius 1 is 1.06 bits per heavy atom. The minimum atomic E-state index is -0.388. The Kier molecular flexibility index (Phi) is 5.74. The lowest BCUT2D eigenvalue weighted by Gasteiger charge is -2.26. The molecule has 1 saturated heterocycles. The Morgan fingerprint density at radius 2 is 1.78 bits per heavy atom. The number of likely N-dealkylation sites (tertiary alicyclic amines) is 1. The highest BCUT2D eigenvalue weighted by Gasteiger charge is 2.41. The van der Waals surface area contributed by atoms with Crippen molar-refractivity contribution in [1.29, 1.82) is 0 Å². The second kappa shape index (κ2) is 8.82. The van der Waals surface area contributed by atoms with Crippen molar-refractivity contribution in [2.45, 2.75) is 38.1 Å². The lowest BCUT2D eigenvalue weighted by Crippen LogP contribution is -2.37. The van der Waals surface area contributed by atoms with E-state index in [-0.39, 0.29) is 36.0 Å². The zero-order chi connectivity index (χ0) is 22.1. The second-order valence-electron chi connectivity index (χ2n) is 8.42. The van der Waals surface area contributed by atoms with Gasteiger partial charge in [0.05, 0.1) is 17.3 Å². The SMILES string of the molecule is O=C([C@@H]1CC(=O)N(C2CCCC2)C1)N(c1ccccc1)c1nc(-c2ccc(F)cc2)cs1. The summed E-state index contributed by atoms with van der Waals surface area (Å²) >= 11 is 1.37. The lowest BCUT2D eigenvalue weighted by atomic mass is 10.1. The number of amides is 2. The Balaban J connectivity index is 1.44. The maximum Gasteiger partial charge on any atom is 0.238 e. The lowest BCUT2D eigenvalue weighted by molar-refractivity contribution is -0.130. The molecule has 5 nitrogen and oxygen atoms in total. The van der Waals surface area contributed by atoms with Gasteiger partial charge in [-0.15, -0.1) is 11.3 Å². The molecule has 2 aliphatic rings. The third-order valence-electron chi connectivity index (χ3n) is 6.33. The van der Waals surface area contributed by atoms with Gasteiger partial charge in [0.25, 0.3) is 0 Å². The molecule has 0 spiro atoms. The Hall–Kier alpha value is -3.06. The monoisotopic (exact) mass is 449 g/mol. The molecule has 0 bridgehead atoms. The van der Waals surface area contributed by atoms with Crippen molar-refractivity contribution in [3.63, 3.8) is 0 Å². The van der Waals surface area contributed by atoms with Crippen molar-refractivity contribution >= 4 is 34.0 Å². The number of hydrogen-bond donors (Lipinski definition) is 0. The second-order valence-corrected chi connectivity index (χ2v) is 9.25. The van der Waals surface area contributed by atoms with Crippen LogP contribution < -0.4 is 4.90 Å². The Bertz CT molecular complexity index is 1110. The van der Waals surface area contributed by atoms with E-state index in [1.54, 1.807) is 17.0 Å². The van der Waals surface area contributed by atoms with Crippen LogP contribution in [0, 0.1) is 11.7 Å². The number of rotatable bonds is 5. The van der Waals surface area contributed by atoms with Gasteiger partial charge < -0.3 is 4.90 Å². The third-order valence-corrected chi connectivity index (χ3v) is 7.16. The maximum atomic E-state index is 13.7. The molecule has 2 amide bonds. The molecule has 0 unspecified atom stereocenters. The predicted octanol–water partition coefficient (Wildman–Crippen LogP) is 5.41. The number of para-hydroxylation sites is 1. The molecule has 2 aromatic carbocycles. The van der Waals surface area contributed by atoms with Crippen LogP contribution in [0.25, 0.3) is 11.3 Å².